The minimum atomic E-state index is -3.83. The maximum atomic E-state index is 11.0. The number of rotatable bonds is 3. The summed E-state index contributed by atoms with van der Waals surface area (Å²) in [5, 5.41) is 4.93. The molecule has 0 aliphatic carbocycles. The van der Waals surface area contributed by atoms with Gasteiger partial charge in [-0.1, -0.05) is 0 Å². The molecular formula is C6H10N4O3S. The smallest absolute Gasteiger partial charge is 0.243 e. The lowest BCUT2D eigenvalue weighted by molar-refractivity contribution is 0.386. The van der Waals surface area contributed by atoms with E-state index in [0.29, 0.717) is 0 Å². The van der Waals surface area contributed by atoms with Crippen LogP contribution >= 0.6 is 0 Å². The number of ether oxygens (including phenoxy) is 1. The van der Waals surface area contributed by atoms with E-state index in [1.54, 1.807) is 0 Å². The fourth-order valence-corrected chi connectivity index (χ4v) is 1.50. The third-order valence-electron chi connectivity index (χ3n) is 1.47. The lowest BCUT2D eigenvalue weighted by Crippen LogP contribution is -2.15. The SMILES string of the molecule is COc1nc(NN)ccc1S(N)(=O)=O. The van der Waals surface area contributed by atoms with Crippen LogP contribution < -0.4 is 21.1 Å². The van der Waals surface area contributed by atoms with E-state index in [1.165, 1.54) is 19.2 Å². The zero-order chi connectivity index (χ0) is 10.8. The molecule has 0 unspecified atom stereocenters. The minimum absolute atomic E-state index is 0.0945. The summed E-state index contributed by atoms with van der Waals surface area (Å²) in [6.07, 6.45) is 0. The summed E-state index contributed by atoms with van der Waals surface area (Å²) in [5.74, 6) is 5.28. The topological polar surface area (TPSA) is 120 Å². The Morgan fingerprint density at radius 2 is 2.14 bits per heavy atom. The number of pyridine rings is 1. The Morgan fingerprint density at radius 3 is 2.57 bits per heavy atom. The number of nitrogens with one attached hydrogen (secondary N) is 1. The van der Waals surface area contributed by atoms with Crippen LogP contribution in [-0.4, -0.2) is 20.5 Å². The molecule has 1 aromatic heterocycles. The Kier molecular flexibility index (Phi) is 2.89. The van der Waals surface area contributed by atoms with Gasteiger partial charge >= 0.3 is 0 Å². The van der Waals surface area contributed by atoms with Crippen LogP contribution in [0, 0.1) is 0 Å². The molecule has 1 rings (SSSR count). The van der Waals surface area contributed by atoms with Crippen LogP contribution in [0.4, 0.5) is 5.82 Å². The third kappa shape index (κ3) is 2.10. The maximum absolute atomic E-state index is 11.0. The van der Waals surface area contributed by atoms with Crippen molar-refractivity contribution in [3.8, 4) is 5.88 Å². The molecule has 0 bridgehead atoms. The maximum Gasteiger partial charge on any atom is 0.243 e. The average molecular weight is 218 g/mol. The normalized spacial score (nSPS) is 11.1. The van der Waals surface area contributed by atoms with Crippen molar-refractivity contribution in [1.82, 2.24) is 4.98 Å². The molecule has 8 heteroatoms. The molecule has 0 atom stereocenters. The number of nitrogens with two attached hydrogens (primary N) is 2. The van der Waals surface area contributed by atoms with Gasteiger partial charge in [0.25, 0.3) is 0 Å². The average Bonchev–Trinajstić information content (AvgIpc) is 2.15. The zero-order valence-electron chi connectivity index (χ0n) is 7.39. The first kappa shape index (κ1) is 10.7. The molecule has 0 aromatic carbocycles. The number of anilines is 1. The highest BCUT2D eigenvalue weighted by Crippen LogP contribution is 2.21. The predicted octanol–water partition coefficient (Wildman–Crippen LogP) is -0.977. The number of nitrogens with zero attached hydrogens (tertiary/aromatic N) is 1. The van der Waals surface area contributed by atoms with Gasteiger partial charge in [-0.15, -0.1) is 0 Å². The summed E-state index contributed by atoms with van der Waals surface area (Å²) in [6, 6.07) is 2.64. The molecule has 14 heavy (non-hydrogen) atoms. The highest BCUT2D eigenvalue weighted by Gasteiger charge is 2.16. The molecule has 0 aliphatic heterocycles. The Morgan fingerprint density at radius 1 is 1.50 bits per heavy atom. The van der Waals surface area contributed by atoms with E-state index < -0.39 is 10.0 Å². The summed E-state index contributed by atoms with van der Waals surface area (Å²) < 4.78 is 26.8. The van der Waals surface area contributed by atoms with Gasteiger partial charge in [-0.05, 0) is 12.1 Å². The Labute approximate surface area is 81.1 Å². The van der Waals surface area contributed by atoms with Crippen molar-refractivity contribution < 1.29 is 13.2 Å². The first-order valence-electron chi connectivity index (χ1n) is 3.53. The summed E-state index contributed by atoms with van der Waals surface area (Å²) in [5.41, 5.74) is 2.25. The number of methoxy groups -OCH3 is 1. The Bertz CT molecular complexity index is 431. The fraction of sp³-hybridized carbons (Fsp3) is 0.167. The molecule has 0 fully saturated rings. The molecular weight excluding hydrogens is 208 g/mol. The molecule has 78 valence electrons. The number of aromatic nitrogens is 1. The predicted molar refractivity (Wildman–Crippen MR) is 50.0 cm³/mol. The molecule has 7 nitrogen and oxygen atoms in total. The van der Waals surface area contributed by atoms with Crippen molar-refractivity contribution in [3.05, 3.63) is 12.1 Å². The van der Waals surface area contributed by atoms with Gasteiger partial charge < -0.3 is 10.2 Å². The number of hydrazine groups is 1. The monoisotopic (exact) mass is 218 g/mol. The van der Waals surface area contributed by atoms with Gasteiger partial charge in [0.05, 0.1) is 7.11 Å². The molecule has 0 saturated heterocycles. The number of sulfonamides is 1. The van der Waals surface area contributed by atoms with Crippen LogP contribution in [0.25, 0.3) is 0 Å². The number of hydrogen-bond acceptors (Lipinski definition) is 6. The second-order valence-corrected chi connectivity index (χ2v) is 3.92. The van der Waals surface area contributed by atoms with Crippen molar-refractivity contribution in [2.45, 2.75) is 4.90 Å². The van der Waals surface area contributed by atoms with Gasteiger partial charge in [0.15, 0.2) is 0 Å². The number of primary sulfonamides is 1. The Hall–Kier alpha value is -1.38. The van der Waals surface area contributed by atoms with Gasteiger partial charge in [-0.25, -0.2) is 19.4 Å². The van der Waals surface area contributed by atoms with E-state index in [1.807, 2.05) is 0 Å². The van der Waals surface area contributed by atoms with E-state index in [2.05, 4.69) is 10.4 Å². The van der Waals surface area contributed by atoms with Crippen molar-refractivity contribution in [1.29, 1.82) is 0 Å². The molecule has 5 N–H and O–H groups in total. The second kappa shape index (κ2) is 3.78. The van der Waals surface area contributed by atoms with Crippen LogP contribution in [-0.2, 0) is 10.0 Å². The van der Waals surface area contributed by atoms with E-state index in [4.69, 9.17) is 15.7 Å². The molecule has 0 amide bonds. The lowest BCUT2D eigenvalue weighted by Gasteiger charge is -2.06. The van der Waals surface area contributed by atoms with Gasteiger partial charge in [0.1, 0.15) is 10.7 Å². The fourth-order valence-electron chi connectivity index (χ4n) is 0.871. The van der Waals surface area contributed by atoms with Crippen LogP contribution in [0.5, 0.6) is 5.88 Å². The van der Waals surface area contributed by atoms with E-state index in [-0.39, 0.29) is 16.6 Å². The highest BCUT2D eigenvalue weighted by molar-refractivity contribution is 7.89. The molecule has 0 radical (unpaired) electrons. The van der Waals surface area contributed by atoms with Crippen LogP contribution in [0.2, 0.25) is 0 Å². The van der Waals surface area contributed by atoms with Crippen LogP contribution in [0.3, 0.4) is 0 Å². The van der Waals surface area contributed by atoms with Crippen LogP contribution in [0.15, 0.2) is 17.0 Å². The van der Waals surface area contributed by atoms with Gasteiger partial charge in [-0.3, -0.25) is 0 Å². The summed E-state index contributed by atoms with van der Waals surface area (Å²) in [6.45, 7) is 0. The lowest BCUT2D eigenvalue weighted by atomic mass is 10.4. The highest BCUT2D eigenvalue weighted by atomic mass is 32.2. The minimum Gasteiger partial charge on any atom is -0.480 e. The molecule has 1 aromatic rings. The van der Waals surface area contributed by atoms with Gasteiger partial charge in [0, 0.05) is 0 Å². The summed E-state index contributed by atoms with van der Waals surface area (Å²) >= 11 is 0. The van der Waals surface area contributed by atoms with E-state index >= 15 is 0 Å². The summed E-state index contributed by atoms with van der Waals surface area (Å²) in [7, 11) is -2.54. The zero-order valence-corrected chi connectivity index (χ0v) is 8.21. The van der Waals surface area contributed by atoms with Gasteiger partial charge in [-0.2, -0.15) is 4.98 Å². The first-order chi connectivity index (χ1) is 6.49. The second-order valence-electron chi connectivity index (χ2n) is 2.39. The molecule has 0 saturated carbocycles. The summed E-state index contributed by atoms with van der Waals surface area (Å²) in [4.78, 5) is 3.58. The van der Waals surface area contributed by atoms with E-state index in [0.717, 1.165) is 0 Å². The Balaban J connectivity index is 3.33. The van der Waals surface area contributed by atoms with Crippen LogP contribution in [0.1, 0.15) is 0 Å². The standard InChI is InChI=1S/C6H10N4O3S/c1-13-6-4(14(8,11)12)2-3-5(9-6)10-7/h2-3H,7H2,1H3,(H,9,10)(H2,8,11,12). The number of hydrogen-bond donors (Lipinski definition) is 3. The molecule has 0 spiro atoms. The van der Waals surface area contributed by atoms with Crippen molar-refractivity contribution in [3.63, 3.8) is 0 Å². The molecule has 0 aliphatic rings. The van der Waals surface area contributed by atoms with Crippen molar-refractivity contribution in [2.75, 3.05) is 12.5 Å². The largest absolute Gasteiger partial charge is 0.480 e. The van der Waals surface area contributed by atoms with Crippen molar-refractivity contribution in [2.24, 2.45) is 11.0 Å². The van der Waals surface area contributed by atoms with Gasteiger partial charge in [0.2, 0.25) is 15.9 Å². The molecule has 1 heterocycles. The first-order valence-corrected chi connectivity index (χ1v) is 5.08. The van der Waals surface area contributed by atoms with Crippen molar-refractivity contribution >= 4 is 15.8 Å². The van der Waals surface area contributed by atoms with E-state index in [9.17, 15) is 8.42 Å². The third-order valence-corrected chi connectivity index (χ3v) is 2.40. The number of nitrogen functional groups attached to an aromatic ring is 1. The quantitative estimate of drug-likeness (QED) is 0.443.